The van der Waals surface area contributed by atoms with Crippen LogP contribution in [0.3, 0.4) is 0 Å². The maximum absolute atomic E-state index is 13.2. The van der Waals surface area contributed by atoms with Crippen molar-refractivity contribution in [1.82, 2.24) is 0 Å². The molecule has 0 aliphatic carbocycles. The Kier molecular flexibility index (Phi) is 6.10. The monoisotopic (exact) mass is 379 g/mol. The number of para-hydroxylation sites is 1. The number of rotatable bonds is 8. The lowest BCUT2D eigenvalue weighted by Gasteiger charge is -2.26. The number of anilines is 1. The number of sulfonamides is 1. The fourth-order valence-corrected chi connectivity index (χ4v) is 3.94. The van der Waals surface area contributed by atoms with Crippen LogP contribution in [0.25, 0.3) is 0 Å². The van der Waals surface area contributed by atoms with Crippen LogP contribution in [-0.2, 0) is 14.8 Å². The van der Waals surface area contributed by atoms with Crippen LogP contribution in [0.5, 0.6) is 11.5 Å². The van der Waals surface area contributed by atoms with E-state index in [1.54, 1.807) is 30.3 Å². The van der Waals surface area contributed by atoms with Gasteiger partial charge in [0, 0.05) is 6.54 Å². The molecule has 0 saturated carbocycles. The zero-order valence-corrected chi connectivity index (χ0v) is 15.6. The van der Waals surface area contributed by atoms with Gasteiger partial charge >= 0.3 is 5.97 Å². The average molecular weight is 379 g/mol. The molecule has 0 fully saturated rings. The Balaban J connectivity index is 2.60. The number of hydrogen-bond acceptors (Lipinski definition) is 5. The highest BCUT2D eigenvalue weighted by atomic mass is 32.2. The van der Waals surface area contributed by atoms with Crippen LogP contribution in [0.4, 0.5) is 5.69 Å². The summed E-state index contributed by atoms with van der Waals surface area (Å²) in [5, 5.41) is 9.03. The SMILES string of the molecule is COc1cccc(N(CCC(=O)O)S(=O)(=O)c2ccc(C)cc2)c1OC. The second-order valence-corrected chi connectivity index (χ2v) is 7.41. The predicted molar refractivity (Wildman–Crippen MR) is 97.5 cm³/mol. The number of aliphatic carboxylic acids is 1. The van der Waals surface area contributed by atoms with E-state index in [9.17, 15) is 13.2 Å². The van der Waals surface area contributed by atoms with E-state index in [2.05, 4.69) is 0 Å². The Morgan fingerprint density at radius 1 is 1.08 bits per heavy atom. The summed E-state index contributed by atoms with van der Waals surface area (Å²) in [5.41, 5.74) is 1.13. The first kappa shape index (κ1) is 19.6. The number of carboxylic acids is 1. The predicted octanol–water partition coefficient (Wildman–Crippen LogP) is 2.68. The smallest absolute Gasteiger partial charge is 0.305 e. The molecule has 0 heterocycles. The molecule has 0 amide bonds. The lowest BCUT2D eigenvalue weighted by atomic mass is 10.2. The maximum atomic E-state index is 13.2. The van der Waals surface area contributed by atoms with E-state index >= 15 is 0 Å². The van der Waals surface area contributed by atoms with E-state index in [4.69, 9.17) is 14.6 Å². The number of aryl methyl sites for hydroxylation is 1. The molecule has 0 aliphatic heterocycles. The summed E-state index contributed by atoms with van der Waals surface area (Å²) in [6, 6.07) is 11.2. The van der Waals surface area contributed by atoms with E-state index in [1.807, 2.05) is 6.92 Å². The van der Waals surface area contributed by atoms with Gasteiger partial charge in [-0.1, -0.05) is 23.8 Å². The molecule has 0 spiro atoms. The molecule has 2 rings (SSSR count). The number of methoxy groups -OCH3 is 2. The molecule has 0 aromatic heterocycles. The van der Waals surface area contributed by atoms with Crippen LogP contribution in [0.15, 0.2) is 47.4 Å². The number of carboxylic acid groups (broad SMARTS) is 1. The number of hydrogen-bond donors (Lipinski definition) is 1. The summed E-state index contributed by atoms with van der Waals surface area (Å²) in [7, 11) is -1.15. The molecule has 0 radical (unpaired) electrons. The second-order valence-electron chi connectivity index (χ2n) is 5.55. The van der Waals surface area contributed by atoms with Crippen molar-refractivity contribution in [2.45, 2.75) is 18.2 Å². The van der Waals surface area contributed by atoms with Crippen molar-refractivity contribution >= 4 is 21.7 Å². The van der Waals surface area contributed by atoms with Gasteiger partial charge in [-0.05, 0) is 31.2 Å². The van der Waals surface area contributed by atoms with E-state index in [-0.39, 0.29) is 29.3 Å². The van der Waals surface area contributed by atoms with E-state index < -0.39 is 16.0 Å². The Hall–Kier alpha value is -2.74. The largest absolute Gasteiger partial charge is 0.493 e. The van der Waals surface area contributed by atoms with Crippen LogP contribution in [0.2, 0.25) is 0 Å². The highest BCUT2D eigenvalue weighted by Gasteiger charge is 2.29. The summed E-state index contributed by atoms with van der Waals surface area (Å²) < 4.78 is 37.9. The maximum Gasteiger partial charge on any atom is 0.305 e. The lowest BCUT2D eigenvalue weighted by molar-refractivity contribution is -0.136. The van der Waals surface area contributed by atoms with Gasteiger partial charge in [-0.15, -0.1) is 0 Å². The van der Waals surface area contributed by atoms with Gasteiger partial charge < -0.3 is 14.6 Å². The molecule has 0 atom stereocenters. The van der Waals surface area contributed by atoms with Crippen molar-refractivity contribution in [2.75, 3.05) is 25.1 Å². The van der Waals surface area contributed by atoms with Gasteiger partial charge in [0.25, 0.3) is 10.0 Å². The van der Waals surface area contributed by atoms with Crippen molar-refractivity contribution in [3.63, 3.8) is 0 Å². The molecular weight excluding hydrogens is 358 g/mol. The Bertz CT molecular complexity index is 877. The first-order valence-electron chi connectivity index (χ1n) is 7.83. The van der Waals surface area contributed by atoms with Crippen molar-refractivity contribution in [3.05, 3.63) is 48.0 Å². The Morgan fingerprint density at radius 3 is 2.27 bits per heavy atom. The number of nitrogens with zero attached hydrogens (tertiary/aromatic N) is 1. The molecule has 7 nitrogen and oxygen atoms in total. The summed E-state index contributed by atoms with van der Waals surface area (Å²) >= 11 is 0. The quantitative estimate of drug-likeness (QED) is 0.758. The van der Waals surface area contributed by atoms with Gasteiger partial charge in [0.15, 0.2) is 11.5 Å². The van der Waals surface area contributed by atoms with Crippen molar-refractivity contribution in [2.24, 2.45) is 0 Å². The number of benzene rings is 2. The molecule has 2 aromatic carbocycles. The van der Waals surface area contributed by atoms with Crippen molar-refractivity contribution in [3.8, 4) is 11.5 Å². The fraction of sp³-hybridized carbons (Fsp3) is 0.278. The van der Waals surface area contributed by atoms with Gasteiger partial charge in [-0.25, -0.2) is 8.42 Å². The Morgan fingerprint density at radius 2 is 1.73 bits per heavy atom. The number of carbonyl (C=O) groups is 1. The molecule has 26 heavy (non-hydrogen) atoms. The van der Waals surface area contributed by atoms with E-state index in [0.29, 0.717) is 5.75 Å². The third-order valence-corrected chi connectivity index (χ3v) is 5.62. The van der Waals surface area contributed by atoms with E-state index in [1.165, 1.54) is 26.4 Å². The Labute approximate surface area is 152 Å². The fourth-order valence-electron chi connectivity index (χ4n) is 2.47. The molecule has 1 N–H and O–H groups in total. The van der Waals surface area contributed by atoms with E-state index in [0.717, 1.165) is 9.87 Å². The van der Waals surface area contributed by atoms with Crippen LogP contribution in [-0.4, -0.2) is 40.3 Å². The lowest BCUT2D eigenvalue weighted by Crippen LogP contribution is -2.33. The molecule has 2 aromatic rings. The minimum Gasteiger partial charge on any atom is -0.493 e. The summed E-state index contributed by atoms with van der Waals surface area (Å²) in [6.07, 6.45) is -0.356. The van der Waals surface area contributed by atoms with Gasteiger partial charge in [0.1, 0.15) is 0 Å². The summed E-state index contributed by atoms with van der Waals surface area (Å²) in [6.45, 7) is 1.61. The molecule has 0 unspecified atom stereocenters. The zero-order chi connectivity index (χ0) is 19.3. The van der Waals surface area contributed by atoms with Crippen LogP contribution in [0, 0.1) is 6.92 Å². The third kappa shape index (κ3) is 4.08. The van der Waals surface area contributed by atoms with Gasteiger partial charge in [-0.2, -0.15) is 0 Å². The van der Waals surface area contributed by atoms with Gasteiger partial charge in [0.2, 0.25) is 0 Å². The molecule has 0 aliphatic rings. The molecule has 8 heteroatoms. The van der Waals surface area contributed by atoms with Crippen LogP contribution < -0.4 is 13.8 Å². The topological polar surface area (TPSA) is 93.1 Å². The molecular formula is C18H21NO6S. The standard InChI is InChI=1S/C18H21NO6S/c1-13-7-9-14(10-8-13)26(22,23)19(12-11-17(20)21)15-5-4-6-16(24-2)18(15)25-3/h4-10H,11-12H2,1-3H3,(H,20,21). The normalized spacial score (nSPS) is 11.0. The van der Waals surface area contributed by atoms with Crippen LogP contribution in [0.1, 0.15) is 12.0 Å². The first-order valence-corrected chi connectivity index (χ1v) is 9.27. The van der Waals surface area contributed by atoms with Gasteiger partial charge in [0.05, 0.1) is 31.2 Å². The van der Waals surface area contributed by atoms with Gasteiger partial charge in [-0.3, -0.25) is 9.10 Å². The minimum absolute atomic E-state index is 0.0679. The molecule has 140 valence electrons. The molecule has 0 saturated heterocycles. The van der Waals surface area contributed by atoms with Crippen molar-refractivity contribution in [1.29, 1.82) is 0 Å². The number of ether oxygens (including phenoxy) is 2. The highest BCUT2D eigenvalue weighted by Crippen LogP contribution is 2.39. The summed E-state index contributed by atoms with van der Waals surface area (Å²) in [4.78, 5) is 11.1. The molecule has 0 bridgehead atoms. The average Bonchev–Trinajstić information content (AvgIpc) is 2.61. The highest BCUT2D eigenvalue weighted by molar-refractivity contribution is 7.92. The first-order chi connectivity index (χ1) is 12.3. The summed E-state index contributed by atoms with van der Waals surface area (Å²) in [5.74, 6) is -0.531. The second kappa shape index (κ2) is 8.09. The minimum atomic E-state index is -3.99. The zero-order valence-electron chi connectivity index (χ0n) is 14.8. The third-order valence-electron chi connectivity index (χ3n) is 3.79. The van der Waals surface area contributed by atoms with Crippen LogP contribution >= 0.6 is 0 Å². The van der Waals surface area contributed by atoms with Crippen molar-refractivity contribution < 1.29 is 27.8 Å².